The van der Waals surface area contributed by atoms with E-state index >= 15 is 0 Å². The minimum Gasteiger partial charge on any atom is -0.387 e. The van der Waals surface area contributed by atoms with Crippen LogP contribution in [0.1, 0.15) is 6.23 Å². The number of aromatic amines is 1. The molecule has 0 aromatic carbocycles. The van der Waals surface area contributed by atoms with Gasteiger partial charge in [-0.25, -0.2) is 18.7 Å². The summed E-state index contributed by atoms with van der Waals surface area (Å²) in [4.78, 5) is 53.7. The van der Waals surface area contributed by atoms with E-state index in [0.717, 1.165) is 6.33 Å². The average Bonchev–Trinajstić information content (AvgIpc) is 3.12. The zero-order valence-corrected chi connectivity index (χ0v) is 18.1. The molecule has 0 amide bonds. The molecule has 18 nitrogen and oxygen atoms in total. The van der Waals surface area contributed by atoms with Gasteiger partial charge < -0.3 is 49.8 Å². The van der Waals surface area contributed by atoms with E-state index in [2.05, 4.69) is 23.1 Å². The van der Waals surface area contributed by atoms with Gasteiger partial charge in [0.1, 0.15) is 24.1 Å². The van der Waals surface area contributed by atoms with Crippen LogP contribution in [-0.4, -0.2) is 69.2 Å². The largest absolute Gasteiger partial charge is 0.490 e. The number of hydrogen-bond acceptors (Lipinski definition) is 12. The van der Waals surface area contributed by atoms with Gasteiger partial charge in [0.25, 0.3) is 5.56 Å². The number of nitrogens with zero attached hydrogens (tertiary/aromatic N) is 2. The molecule has 1 saturated heterocycles. The lowest BCUT2D eigenvalue weighted by Gasteiger charge is -2.19. The first-order valence-corrected chi connectivity index (χ1v) is 12.8. The van der Waals surface area contributed by atoms with Gasteiger partial charge in [-0.3, -0.25) is 9.32 Å². The van der Waals surface area contributed by atoms with E-state index in [1.165, 1.54) is 10.6 Å². The highest BCUT2D eigenvalue weighted by Gasteiger charge is 2.46. The second-order valence-electron chi connectivity index (χ2n) is 6.37. The highest BCUT2D eigenvalue weighted by molar-refractivity contribution is 7.66. The van der Waals surface area contributed by atoms with Crippen LogP contribution in [0.4, 0.5) is 5.82 Å². The normalized spacial score (nSPS) is 27.9. The van der Waals surface area contributed by atoms with Crippen molar-refractivity contribution in [3.8, 4) is 0 Å². The molecule has 3 rings (SSSR count). The number of phosphoric acid groups is 3. The first-order valence-electron chi connectivity index (χ1n) is 8.24. The summed E-state index contributed by atoms with van der Waals surface area (Å²) in [6.45, 7) is -0.992. The fourth-order valence-corrected chi connectivity index (χ4v) is 5.86. The maximum Gasteiger partial charge on any atom is 0.490 e. The molecule has 0 bridgehead atoms. The molecule has 6 atom stereocenters. The number of pyridine rings is 1. The molecule has 0 saturated carbocycles. The molecule has 1 aliphatic heterocycles. The number of aliphatic hydroxyl groups excluding tert-OH is 2. The Kier molecular flexibility index (Phi) is 6.83. The SMILES string of the molecule is Nc1cc2c(ncn2[C@@H]2O[C@H](COP(=O)(O)OP(=O)(O)OP(=O)(O)O)[C@@H](O)[C@H]2O)c(=O)[nH]1. The summed E-state index contributed by atoms with van der Waals surface area (Å²) in [5.41, 5.74) is 5.03. The van der Waals surface area contributed by atoms with Crippen molar-refractivity contribution in [1.29, 1.82) is 0 Å². The van der Waals surface area contributed by atoms with Gasteiger partial charge in [0.05, 0.1) is 18.5 Å². The number of imidazole rings is 1. The Morgan fingerprint density at radius 2 is 1.78 bits per heavy atom. The van der Waals surface area contributed by atoms with Crippen LogP contribution in [0.3, 0.4) is 0 Å². The molecular weight excluding hydrogens is 505 g/mol. The van der Waals surface area contributed by atoms with Gasteiger partial charge in [0.15, 0.2) is 11.7 Å². The second kappa shape index (κ2) is 8.70. The molecule has 32 heavy (non-hydrogen) atoms. The highest BCUT2D eigenvalue weighted by Crippen LogP contribution is 2.66. The quantitative estimate of drug-likeness (QED) is 0.179. The van der Waals surface area contributed by atoms with Gasteiger partial charge >= 0.3 is 23.5 Å². The van der Waals surface area contributed by atoms with Crippen LogP contribution in [0.15, 0.2) is 17.2 Å². The van der Waals surface area contributed by atoms with Gasteiger partial charge in [-0.15, -0.1) is 0 Å². The zero-order valence-electron chi connectivity index (χ0n) is 15.4. The van der Waals surface area contributed by atoms with Crippen LogP contribution < -0.4 is 11.3 Å². The number of nitrogen functional groups attached to an aromatic ring is 1. The fourth-order valence-electron chi connectivity index (χ4n) is 2.83. The third-order valence-electron chi connectivity index (χ3n) is 4.03. The van der Waals surface area contributed by atoms with Crippen LogP contribution in [0.25, 0.3) is 11.0 Å². The smallest absolute Gasteiger partial charge is 0.387 e. The van der Waals surface area contributed by atoms with Crippen molar-refractivity contribution in [1.82, 2.24) is 14.5 Å². The van der Waals surface area contributed by atoms with E-state index in [1.54, 1.807) is 0 Å². The molecule has 0 radical (unpaired) electrons. The highest BCUT2D eigenvalue weighted by atomic mass is 31.3. The predicted molar refractivity (Wildman–Crippen MR) is 101 cm³/mol. The first kappa shape index (κ1) is 25.1. The molecular formula is C11H17N4O14P3. The van der Waals surface area contributed by atoms with Gasteiger partial charge in [-0.2, -0.15) is 8.62 Å². The van der Waals surface area contributed by atoms with Crippen LogP contribution in [0.5, 0.6) is 0 Å². The number of hydrogen-bond donors (Lipinski definition) is 8. The third-order valence-corrected chi connectivity index (χ3v) is 7.83. The van der Waals surface area contributed by atoms with E-state index in [4.69, 9.17) is 25.2 Å². The maximum absolute atomic E-state index is 11.9. The summed E-state index contributed by atoms with van der Waals surface area (Å²) in [6, 6.07) is 1.31. The Morgan fingerprint density at radius 3 is 2.41 bits per heavy atom. The second-order valence-corrected chi connectivity index (χ2v) is 10.8. The van der Waals surface area contributed by atoms with Crippen LogP contribution in [-0.2, 0) is 31.6 Å². The van der Waals surface area contributed by atoms with E-state index in [9.17, 15) is 33.6 Å². The van der Waals surface area contributed by atoms with Gasteiger partial charge in [-0.05, 0) is 0 Å². The molecule has 1 fully saturated rings. The van der Waals surface area contributed by atoms with Crippen molar-refractivity contribution < 1.29 is 61.4 Å². The van der Waals surface area contributed by atoms with Crippen molar-refractivity contribution >= 4 is 40.3 Å². The van der Waals surface area contributed by atoms with Crippen molar-refractivity contribution in [3.05, 3.63) is 22.7 Å². The van der Waals surface area contributed by atoms with Crippen molar-refractivity contribution in [2.45, 2.75) is 24.5 Å². The molecule has 180 valence electrons. The van der Waals surface area contributed by atoms with E-state index in [1.807, 2.05) is 0 Å². The van der Waals surface area contributed by atoms with E-state index in [-0.39, 0.29) is 16.9 Å². The van der Waals surface area contributed by atoms with Crippen LogP contribution in [0.2, 0.25) is 0 Å². The molecule has 1 aliphatic rings. The van der Waals surface area contributed by atoms with Gasteiger partial charge in [0, 0.05) is 6.07 Å². The minimum atomic E-state index is -5.72. The molecule has 2 aromatic heterocycles. The maximum atomic E-state index is 11.9. The minimum absolute atomic E-state index is 0.0264. The summed E-state index contributed by atoms with van der Waals surface area (Å²) >= 11 is 0. The molecule has 2 aromatic rings. The molecule has 9 N–H and O–H groups in total. The number of ether oxygens (including phenoxy) is 1. The summed E-state index contributed by atoms with van der Waals surface area (Å²) in [6.07, 6.45) is -5.11. The lowest BCUT2D eigenvalue weighted by Crippen LogP contribution is -2.33. The van der Waals surface area contributed by atoms with Gasteiger partial charge in [0.2, 0.25) is 0 Å². The average molecular weight is 522 g/mol. The predicted octanol–water partition coefficient (Wildman–Crippen LogP) is -1.73. The summed E-state index contributed by atoms with van der Waals surface area (Å²) in [5.74, 6) is -0.0264. The number of anilines is 1. The number of phosphoric ester groups is 1. The van der Waals surface area contributed by atoms with E-state index < -0.39 is 60.2 Å². The van der Waals surface area contributed by atoms with Gasteiger partial charge in [-0.1, -0.05) is 0 Å². The number of nitrogens with two attached hydrogens (primary N) is 1. The van der Waals surface area contributed by atoms with Crippen molar-refractivity contribution in [3.63, 3.8) is 0 Å². The molecule has 21 heteroatoms. The fraction of sp³-hybridized carbons (Fsp3) is 0.455. The molecule has 3 heterocycles. The Labute approximate surface area is 176 Å². The van der Waals surface area contributed by atoms with Crippen LogP contribution in [0, 0.1) is 0 Å². The number of rotatable bonds is 8. The lowest BCUT2D eigenvalue weighted by atomic mass is 10.1. The summed E-state index contributed by atoms with van der Waals surface area (Å²) in [7, 11) is -16.7. The Balaban J connectivity index is 1.72. The number of fused-ring (bicyclic) bond motifs is 1. The summed E-state index contributed by atoms with van der Waals surface area (Å²) in [5, 5.41) is 20.5. The number of aliphatic hydroxyl groups is 2. The third kappa shape index (κ3) is 5.70. The Bertz CT molecular complexity index is 1210. The zero-order chi connectivity index (χ0) is 24.1. The molecule has 0 spiro atoms. The van der Waals surface area contributed by atoms with Crippen molar-refractivity contribution in [2.75, 3.05) is 12.3 Å². The van der Waals surface area contributed by atoms with E-state index in [0.29, 0.717) is 0 Å². The number of nitrogens with one attached hydrogen (secondary N) is 1. The summed E-state index contributed by atoms with van der Waals surface area (Å²) < 4.78 is 51.8. The monoisotopic (exact) mass is 522 g/mol. The number of aromatic nitrogens is 3. The molecule has 2 unspecified atom stereocenters. The van der Waals surface area contributed by atoms with Crippen LogP contribution >= 0.6 is 23.5 Å². The molecule has 0 aliphatic carbocycles. The topological polar surface area (TPSA) is 286 Å². The Hall–Kier alpha value is -1.49. The standard InChI is InChI=1S/C11H17N4O14P3/c12-6-1-4-7(10(18)14-6)13-3-15(4)11-9(17)8(16)5(27-11)2-26-31(22,23)29-32(24,25)28-30(19,20)21/h1,3,5,8-9,11,16-17H,2H2,(H,22,23)(H,24,25)(H3,12,14,18)(H2,19,20,21)/t5-,8-,9-,11-/m1/s1. The van der Waals surface area contributed by atoms with Crippen molar-refractivity contribution in [2.24, 2.45) is 0 Å². The lowest BCUT2D eigenvalue weighted by molar-refractivity contribution is -0.0501. The Morgan fingerprint density at radius 1 is 1.12 bits per heavy atom. The number of H-pyrrole nitrogens is 1. The first-order chi connectivity index (χ1) is 14.6.